The van der Waals surface area contributed by atoms with Crippen LogP contribution in [0.5, 0.6) is 5.75 Å². The second-order valence-corrected chi connectivity index (χ2v) is 12.8. The Hall–Kier alpha value is -2.95. The van der Waals surface area contributed by atoms with E-state index in [1.165, 1.54) is 6.07 Å². The molecule has 1 saturated carbocycles. The van der Waals surface area contributed by atoms with Crippen molar-refractivity contribution in [1.82, 2.24) is 9.80 Å². The minimum Gasteiger partial charge on any atom is -0.508 e. The van der Waals surface area contributed by atoms with Crippen molar-refractivity contribution >= 4 is 79.5 Å². The number of hydrogen-bond acceptors (Lipinski definition) is 6. The third-order valence-corrected chi connectivity index (χ3v) is 11.0. The monoisotopic (exact) mass is 662 g/mol. The van der Waals surface area contributed by atoms with E-state index in [0.717, 1.165) is 15.2 Å². The van der Waals surface area contributed by atoms with Gasteiger partial charge in [-0.1, -0.05) is 57.9 Å². The maximum atomic E-state index is 14.0. The first kappa shape index (κ1) is 28.2. The number of likely N-dealkylation sites (tertiary alicyclic amines) is 2. The normalized spacial score (nSPS) is 32.7. The molecule has 12 heteroatoms. The van der Waals surface area contributed by atoms with E-state index in [1.54, 1.807) is 24.3 Å². The minimum atomic E-state index is -2.02. The Morgan fingerprint density at radius 1 is 1.00 bits per heavy atom. The number of aliphatic carboxylic acids is 1. The lowest BCUT2D eigenvalue weighted by molar-refractivity contribution is -0.142. The molecular formula is C29H25BrCl2N2O7. The third kappa shape index (κ3) is 3.76. The molecule has 2 aliphatic heterocycles. The second kappa shape index (κ2) is 9.81. The van der Waals surface area contributed by atoms with Gasteiger partial charge in [0.25, 0.3) is 11.8 Å². The van der Waals surface area contributed by atoms with Crippen molar-refractivity contribution in [3.63, 3.8) is 0 Å². The van der Waals surface area contributed by atoms with E-state index < -0.39 is 63.0 Å². The Morgan fingerprint density at radius 3 is 2.44 bits per heavy atom. The maximum Gasteiger partial charge on any atom is 0.303 e. The van der Waals surface area contributed by atoms with Gasteiger partial charge >= 0.3 is 5.97 Å². The number of carboxylic acids is 1. The summed E-state index contributed by atoms with van der Waals surface area (Å²) < 4.78 is 0. The van der Waals surface area contributed by atoms with Crippen LogP contribution in [0.15, 0.2) is 48.0 Å². The van der Waals surface area contributed by atoms with Crippen LogP contribution in [0, 0.1) is 17.8 Å². The fourth-order valence-electron chi connectivity index (χ4n) is 7.33. The Balaban J connectivity index is 1.54. The molecule has 6 atom stereocenters. The molecule has 41 heavy (non-hydrogen) atoms. The van der Waals surface area contributed by atoms with Crippen LogP contribution in [0.4, 0.5) is 0 Å². The van der Waals surface area contributed by atoms with Gasteiger partial charge in [-0.3, -0.25) is 33.8 Å². The summed E-state index contributed by atoms with van der Waals surface area (Å²) in [5, 5.41) is 21.7. The molecule has 6 unspecified atom stereocenters. The first-order chi connectivity index (χ1) is 19.5. The van der Waals surface area contributed by atoms with Crippen molar-refractivity contribution in [2.24, 2.45) is 17.8 Å². The molecule has 4 aliphatic rings. The number of rotatable bonds is 6. The molecule has 0 spiro atoms. The summed E-state index contributed by atoms with van der Waals surface area (Å²) in [4.78, 5) is 64.0. The number of carbonyl (C=O) groups excluding carboxylic acids is 4. The number of fused-ring (bicyclic) bond motifs is 5. The van der Waals surface area contributed by atoms with Crippen molar-refractivity contribution in [3.05, 3.63) is 53.6 Å². The molecule has 0 radical (unpaired) electrons. The summed E-state index contributed by atoms with van der Waals surface area (Å²) in [6.07, 6.45) is 1.74. The summed E-state index contributed by atoms with van der Waals surface area (Å²) in [6, 6.07) is 10.5. The molecule has 6 rings (SSSR count). The van der Waals surface area contributed by atoms with Crippen molar-refractivity contribution in [2.45, 2.75) is 41.3 Å². The van der Waals surface area contributed by atoms with Gasteiger partial charge in [0.15, 0.2) is 9.75 Å². The molecule has 2 saturated heterocycles. The van der Waals surface area contributed by atoms with Gasteiger partial charge in [-0.15, -0.1) is 23.2 Å². The van der Waals surface area contributed by atoms with Gasteiger partial charge in [-0.05, 0) is 42.0 Å². The van der Waals surface area contributed by atoms with E-state index in [9.17, 15) is 29.1 Å². The number of benzene rings is 2. The fraction of sp³-hybridized carbons (Fsp3) is 0.414. The van der Waals surface area contributed by atoms with Gasteiger partial charge in [-0.2, -0.15) is 0 Å². The van der Waals surface area contributed by atoms with Crippen LogP contribution in [-0.4, -0.2) is 71.4 Å². The lowest BCUT2D eigenvalue weighted by Crippen LogP contribution is -2.60. The average molecular weight is 664 g/mol. The van der Waals surface area contributed by atoms with Crippen molar-refractivity contribution in [3.8, 4) is 5.75 Å². The maximum absolute atomic E-state index is 14.0. The van der Waals surface area contributed by atoms with Crippen LogP contribution < -0.4 is 0 Å². The quantitative estimate of drug-likeness (QED) is 0.206. The number of carboxylic acid groups (broad SMARTS) is 1. The van der Waals surface area contributed by atoms with Gasteiger partial charge < -0.3 is 10.2 Å². The first-order valence-corrected chi connectivity index (χ1v) is 15.1. The lowest BCUT2D eigenvalue weighted by Gasteiger charge is -2.51. The molecule has 2 N–H and O–H groups in total. The van der Waals surface area contributed by atoms with Crippen molar-refractivity contribution in [2.75, 3.05) is 12.0 Å². The van der Waals surface area contributed by atoms with E-state index in [2.05, 4.69) is 15.9 Å². The SMILES string of the molecule is O=C(O)CCCN1C(=O)C2CC=C3C(CC4(Cl)C(=O)N(CBr)C(=O)C4(Cl)C3c3c(O)ccc4ccccc34)C2C1=O. The third-order valence-electron chi connectivity index (χ3n) is 9.11. The molecule has 214 valence electrons. The predicted octanol–water partition coefficient (Wildman–Crippen LogP) is 4.12. The summed E-state index contributed by atoms with van der Waals surface area (Å²) in [7, 11) is 0. The zero-order valence-corrected chi connectivity index (χ0v) is 24.7. The Kier molecular flexibility index (Phi) is 6.75. The summed E-state index contributed by atoms with van der Waals surface area (Å²) in [5.74, 6) is -6.85. The van der Waals surface area contributed by atoms with Gasteiger partial charge in [0.2, 0.25) is 11.8 Å². The highest BCUT2D eigenvalue weighted by Crippen LogP contribution is 2.66. The van der Waals surface area contributed by atoms with Crippen LogP contribution in [0.3, 0.4) is 0 Å². The summed E-state index contributed by atoms with van der Waals surface area (Å²) in [6.45, 7) is -0.0349. The Morgan fingerprint density at radius 2 is 1.73 bits per heavy atom. The van der Waals surface area contributed by atoms with Gasteiger partial charge in [0, 0.05) is 24.4 Å². The van der Waals surface area contributed by atoms with Gasteiger partial charge in [-0.25, -0.2) is 0 Å². The number of phenolic OH excluding ortho intramolecular Hbond substituents is 1. The lowest BCUT2D eigenvalue weighted by atomic mass is 9.56. The van der Waals surface area contributed by atoms with Gasteiger partial charge in [0.05, 0.1) is 17.3 Å². The number of halogens is 3. The van der Waals surface area contributed by atoms with E-state index in [4.69, 9.17) is 28.3 Å². The smallest absolute Gasteiger partial charge is 0.303 e. The van der Waals surface area contributed by atoms with E-state index in [-0.39, 0.29) is 43.4 Å². The number of hydrogen-bond donors (Lipinski definition) is 2. The van der Waals surface area contributed by atoms with Gasteiger partial charge in [0.1, 0.15) is 5.75 Å². The molecule has 0 aromatic heterocycles. The zero-order valence-electron chi connectivity index (χ0n) is 21.6. The molecule has 3 fully saturated rings. The minimum absolute atomic E-state index is 0.0349. The molecule has 0 bridgehead atoms. The number of imide groups is 2. The second-order valence-electron chi connectivity index (χ2n) is 11.0. The van der Waals surface area contributed by atoms with Crippen LogP contribution in [0.25, 0.3) is 10.8 Å². The molecule has 2 aliphatic carbocycles. The highest BCUT2D eigenvalue weighted by molar-refractivity contribution is 9.09. The van der Waals surface area contributed by atoms with Crippen LogP contribution in [-0.2, 0) is 24.0 Å². The highest BCUT2D eigenvalue weighted by Gasteiger charge is 2.76. The number of nitrogens with zero attached hydrogens (tertiary/aromatic N) is 2. The first-order valence-electron chi connectivity index (χ1n) is 13.2. The summed E-state index contributed by atoms with van der Waals surface area (Å²) in [5.41, 5.74) is 0.757. The molecule has 9 nitrogen and oxygen atoms in total. The number of carbonyl (C=O) groups is 5. The Labute approximate surface area is 253 Å². The van der Waals surface area contributed by atoms with Crippen molar-refractivity contribution < 1.29 is 34.2 Å². The van der Waals surface area contributed by atoms with Crippen molar-refractivity contribution in [1.29, 1.82) is 0 Å². The topological polar surface area (TPSA) is 132 Å². The van der Waals surface area contributed by atoms with E-state index >= 15 is 0 Å². The van der Waals surface area contributed by atoms with E-state index in [0.29, 0.717) is 16.5 Å². The average Bonchev–Trinajstić information content (AvgIpc) is 3.27. The molecular weight excluding hydrogens is 639 g/mol. The zero-order chi connectivity index (χ0) is 29.4. The van der Waals surface area contributed by atoms with Crippen LogP contribution in [0.1, 0.15) is 37.2 Å². The number of aromatic hydroxyl groups is 1. The fourth-order valence-corrected chi connectivity index (χ4v) is 8.74. The number of phenols is 1. The van der Waals surface area contributed by atoms with Crippen LogP contribution in [0.2, 0.25) is 0 Å². The standard InChI is InChI=1S/C29H25BrCl2N2O7/c30-13-34-26(40)28(31)12-18-16(8-9-17-21(18)25(39)33(24(17)38)11-3-6-20(36)37)23(29(28,32)27(34)41)22-15-5-2-1-4-14(15)7-10-19(22)35/h1-2,4-5,7-8,10,17-18,21,23,35H,3,6,9,11-13H2,(H,36,37). The largest absolute Gasteiger partial charge is 0.508 e. The number of allylic oxidation sites excluding steroid dienone is 2. The molecule has 4 amide bonds. The summed E-state index contributed by atoms with van der Waals surface area (Å²) >= 11 is 17.7. The number of amides is 4. The van der Waals surface area contributed by atoms with Crippen LogP contribution >= 0.6 is 39.1 Å². The molecule has 2 aromatic rings. The number of alkyl halides is 3. The highest BCUT2D eigenvalue weighted by atomic mass is 79.9. The van der Waals surface area contributed by atoms with E-state index in [1.807, 2.05) is 12.1 Å². The molecule has 2 aromatic carbocycles. The molecule has 2 heterocycles. The Bertz CT molecular complexity index is 1580. The predicted molar refractivity (Wildman–Crippen MR) is 153 cm³/mol.